The average molecular weight is 268 g/mol. The number of aryl methyl sites for hydroxylation is 1. The number of benzene rings is 1. The lowest BCUT2D eigenvalue weighted by molar-refractivity contribution is -0.142. The molecule has 0 radical (unpaired) electrons. The number of rotatable bonds is 3. The second-order valence-corrected chi connectivity index (χ2v) is 5.73. The van der Waals surface area contributed by atoms with Crippen LogP contribution in [0.2, 0.25) is 0 Å². The maximum absolute atomic E-state index is 11.1. The highest BCUT2D eigenvalue weighted by Gasteiger charge is 2.19. The average Bonchev–Trinajstić information content (AvgIpc) is 2.25. The molecule has 1 aromatic carbocycles. The molecule has 0 saturated heterocycles. The highest BCUT2D eigenvalue weighted by atomic mass is 32.1. The largest absolute Gasteiger partial charge is 0.482 e. The molecule has 4 heteroatoms. The number of ether oxygens (including phenoxy) is 2. The van der Waals surface area contributed by atoms with E-state index < -0.39 is 0 Å². The summed E-state index contributed by atoms with van der Waals surface area (Å²) in [4.78, 5) is 12.0. The van der Waals surface area contributed by atoms with Gasteiger partial charge in [-0.2, -0.15) is 0 Å². The molecule has 100 valence electrons. The topological polar surface area (TPSA) is 35.5 Å². The molecule has 0 atom stereocenters. The van der Waals surface area contributed by atoms with E-state index in [0.29, 0.717) is 5.75 Å². The van der Waals surface area contributed by atoms with Crippen LogP contribution in [0.15, 0.2) is 17.0 Å². The van der Waals surface area contributed by atoms with Gasteiger partial charge in [0, 0.05) is 4.90 Å². The van der Waals surface area contributed by atoms with Gasteiger partial charge in [0.2, 0.25) is 0 Å². The molecule has 0 aromatic heterocycles. The standard InChI is InChI=1S/C14H20O3S/c1-9-6-12(18)10(14(2,3)4)7-11(9)17-8-13(15)16-5/h6-7,18H,8H2,1-5H3. The van der Waals surface area contributed by atoms with Crippen LogP contribution in [-0.2, 0) is 14.9 Å². The van der Waals surface area contributed by atoms with Gasteiger partial charge in [0.1, 0.15) is 5.75 Å². The van der Waals surface area contributed by atoms with Gasteiger partial charge in [0.05, 0.1) is 7.11 Å². The van der Waals surface area contributed by atoms with Crippen LogP contribution in [0.4, 0.5) is 0 Å². The fraction of sp³-hybridized carbons (Fsp3) is 0.500. The summed E-state index contributed by atoms with van der Waals surface area (Å²) in [5.41, 5.74) is 2.03. The molecule has 3 nitrogen and oxygen atoms in total. The van der Waals surface area contributed by atoms with Crippen LogP contribution in [0.1, 0.15) is 31.9 Å². The second kappa shape index (κ2) is 5.65. The van der Waals surface area contributed by atoms with E-state index in [0.717, 1.165) is 16.0 Å². The van der Waals surface area contributed by atoms with E-state index in [9.17, 15) is 4.79 Å². The Kier molecular flexibility index (Phi) is 4.68. The van der Waals surface area contributed by atoms with Crippen LogP contribution in [0, 0.1) is 6.92 Å². The number of esters is 1. The Hall–Kier alpha value is -1.16. The zero-order valence-electron chi connectivity index (χ0n) is 11.5. The first-order valence-electron chi connectivity index (χ1n) is 5.79. The van der Waals surface area contributed by atoms with Crippen LogP contribution >= 0.6 is 12.6 Å². The van der Waals surface area contributed by atoms with Gasteiger partial charge in [0.15, 0.2) is 6.61 Å². The third kappa shape index (κ3) is 3.67. The van der Waals surface area contributed by atoms with Crippen molar-refractivity contribution >= 4 is 18.6 Å². The normalized spacial score (nSPS) is 11.2. The Balaban J connectivity index is 3.02. The van der Waals surface area contributed by atoms with Gasteiger partial charge >= 0.3 is 5.97 Å². The Labute approximate surface area is 114 Å². The van der Waals surface area contributed by atoms with Gasteiger partial charge in [-0.1, -0.05) is 20.8 Å². The van der Waals surface area contributed by atoms with Crippen LogP contribution in [-0.4, -0.2) is 19.7 Å². The van der Waals surface area contributed by atoms with Gasteiger partial charge in [-0.15, -0.1) is 12.6 Å². The third-order valence-electron chi connectivity index (χ3n) is 2.67. The summed E-state index contributed by atoms with van der Waals surface area (Å²) < 4.78 is 10.0. The molecule has 1 aromatic rings. The van der Waals surface area contributed by atoms with E-state index in [-0.39, 0.29) is 18.0 Å². The number of hydrogen-bond donors (Lipinski definition) is 1. The predicted molar refractivity (Wildman–Crippen MR) is 74.6 cm³/mol. The van der Waals surface area contributed by atoms with Gasteiger partial charge in [-0.3, -0.25) is 0 Å². The van der Waals surface area contributed by atoms with E-state index in [1.807, 2.05) is 19.1 Å². The van der Waals surface area contributed by atoms with Gasteiger partial charge in [-0.25, -0.2) is 4.79 Å². The molecular weight excluding hydrogens is 248 g/mol. The Morgan fingerprint density at radius 1 is 1.33 bits per heavy atom. The van der Waals surface area contributed by atoms with Gasteiger partial charge in [-0.05, 0) is 35.6 Å². The first kappa shape index (κ1) is 14.9. The molecule has 18 heavy (non-hydrogen) atoms. The summed E-state index contributed by atoms with van der Waals surface area (Å²) in [5, 5.41) is 0. The van der Waals surface area contributed by atoms with Crippen molar-refractivity contribution in [3.05, 3.63) is 23.3 Å². The van der Waals surface area contributed by atoms with E-state index in [1.165, 1.54) is 7.11 Å². The van der Waals surface area contributed by atoms with E-state index in [1.54, 1.807) is 0 Å². The second-order valence-electron chi connectivity index (χ2n) is 5.25. The maximum atomic E-state index is 11.1. The molecule has 0 bridgehead atoms. The molecule has 0 saturated carbocycles. The van der Waals surface area contributed by atoms with Crippen LogP contribution < -0.4 is 4.74 Å². The first-order chi connectivity index (χ1) is 8.25. The lowest BCUT2D eigenvalue weighted by atomic mass is 9.86. The van der Waals surface area contributed by atoms with Crippen molar-refractivity contribution in [3.63, 3.8) is 0 Å². The smallest absolute Gasteiger partial charge is 0.343 e. The van der Waals surface area contributed by atoms with Crippen molar-refractivity contribution in [2.45, 2.75) is 38.0 Å². The molecule has 0 spiro atoms. The zero-order valence-corrected chi connectivity index (χ0v) is 12.4. The molecule has 0 N–H and O–H groups in total. The Bertz CT molecular complexity index is 447. The summed E-state index contributed by atoms with van der Waals surface area (Å²) in [6.45, 7) is 8.19. The van der Waals surface area contributed by atoms with Crippen LogP contribution in [0.25, 0.3) is 0 Å². The summed E-state index contributed by atoms with van der Waals surface area (Å²) >= 11 is 4.49. The Morgan fingerprint density at radius 2 is 1.94 bits per heavy atom. The van der Waals surface area contributed by atoms with Crippen LogP contribution in [0.3, 0.4) is 0 Å². The van der Waals surface area contributed by atoms with E-state index in [2.05, 4.69) is 38.1 Å². The monoisotopic (exact) mass is 268 g/mol. The van der Waals surface area contributed by atoms with E-state index in [4.69, 9.17) is 4.74 Å². The number of methoxy groups -OCH3 is 1. The Morgan fingerprint density at radius 3 is 2.44 bits per heavy atom. The molecule has 0 heterocycles. The molecule has 1 rings (SSSR count). The molecule has 0 unspecified atom stereocenters. The van der Waals surface area contributed by atoms with Gasteiger partial charge in [0.25, 0.3) is 0 Å². The third-order valence-corrected chi connectivity index (χ3v) is 3.04. The number of thiol groups is 1. The lowest BCUT2D eigenvalue weighted by Crippen LogP contribution is -2.15. The molecule has 0 aliphatic rings. The van der Waals surface area contributed by atoms with E-state index >= 15 is 0 Å². The highest BCUT2D eigenvalue weighted by Crippen LogP contribution is 2.33. The fourth-order valence-corrected chi connectivity index (χ4v) is 2.22. The van der Waals surface area contributed by atoms with Crippen LogP contribution in [0.5, 0.6) is 5.75 Å². The minimum Gasteiger partial charge on any atom is -0.482 e. The van der Waals surface area contributed by atoms with Crippen molar-refractivity contribution in [2.75, 3.05) is 13.7 Å². The summed E-state index contributed by atoms with van der Waals surface area (Å²) in [7, 11) is 1.34. The summed E-state index contributed by atoms with van der Waals surface area (Å²) in [6.07, 6.45) is 0. The number of carbonyl (C=O) groups excluding carboxylic acids is 1. The van der Waals surface area contributed by atoms with Gasteiger partial charge < -0.3 is 9.47 Å². The fourth-order valence-electron chi connectivity index (χ4n) is 1.62. The first-order valence-corrected chi connectivity index (χ1v) is 6.24. The molecule has 0 aliphatic carbocycles. The highest BCUT2D eigenvalue weighted by molar-refractivity contribution is 7.80. The van der Waals surface area contributed by atoms with Crippen molar-refractivity contribution in [1.82, 2.24) is 0 Å². The van der Waals surface area contributed by atoms with Crippen molar-refractivity contribution in [3.8, 4) is 5.75 Å². The number of hydrogen-bond acceptors (Lipinski definition) is 4. The minimum absolute atomic E-state index is 0.0197. The lowest BCUT2D eigenvalue weighted by Gasteiger charge is -2.23. The molecular formula is C14H20O3S. The summed E-state index contributed by atoms with van der Waals surface area (Å²) in [6, 6.07) is 3.90. The molecule has 0 aliphatic heterocycles. The molecule has 0 amide bonds. The minimum atomic E-state index is -0.387. The number of carbonyl (C=O) groups is 1. The SMILES string of the molecule is COC(=O)COc1cc(C(C)(C)C)c(S)cc1C. The van der Waals surface area contributed by atoms with Crippen molar-refractivity contribution in [1.29, 1.82) is 0 Å². The molecule has 0 fully saturated rings. The van der Waals surface area contributed by atoms with Crippen molar-refractivity contribution in [2.24, 2.45) is 0 Å². The quantitative estimate of drug-likeness (QED) is 0.676. The predicted octanol–water partition coefficient (Wildman–Crippen LogP) is 3.13. The maximum Gasteiger partial charge on any atom is 0.343 e. The summed E-state index contributed by atoms with van der Waals surface area (Å²) in [5.74, 6) is 0.310. The zero-order chi connectivity index (χ0) is 13.9. The van der Waals surface area contributed by atoms with Crippen molar-refractivity contribution < 1.29 is 14.3 Å².